The Labute approximate surface area is 127 Å². The molecule has 0 aliphatic carbocycles. The molecule has 0 saturated carbocycles. The molecule has 0 bridgehead atoms. The average molecular weight is 329 g/mol. The van der Waals surface area contributed by atoms with Crippen molar-refractivity contribution >= 4 is 40.4 Å². The second-order valence-electron chi connectivity index (χ2n) is 4.02. The lowest BCUT2D eigenvalue weighted by Crippen LogP contribution is -2.10. The Bertz CT molecular complexity index is 705. The van der Waals surface area contributed by atoms with Crippen molar-refractivity contribution in [2.24, 2.45) is 0 Å². The van der Waals surface area contributed by atoms with E-state index in [0.29, 0.717) is 5.01 Å². The largest absolute Gasteiger partial charge is 0.476 e. The topological polar surface area (TPSA) is 118 Å². The zero-order valence-corrected chi connectivity index (χ0v) is 12.2. The Kier molecular flexibility index (Phi) is 4.34. The van der Waals surface area contributed by atoms with Crippen molar-refractivity contribution < 1.29 is 14.8 Å². The number of aromatic carboxylic acids is 1. The van der Waals surface area contributed by atoms with Gasteiger partial charge in [-0.2, -0.15) is 0 Å². The van der Waals surface area contributed by atoms with E-state index in [2.05, 4.69) is 15.3 Å². The fraction of sp³-hybridized carbons (Fsp3) is 0.182. The monoisotopic (exact) mass is 328 g/mol. The molecule has 0 amide bonds. The number of halogens is 1. The molecule has 2 heterocycles. The smallest absolute Gasteiger partial charge is 0.355 e. The quantitative estimate of drug-likeness (QED) is 0.639. The maximum Gasteiger partial charge on any atom is 0.355 e. The van der Waals surface area contributed by atoms with E-state index < -0.39 is 16.9 Å². The molecule has 2 N–H and O–H groups in total. The molecule has 110 valence electrons. The SMILES string of the molecule is CC(Nc1ncc(Cl)cc1[N+](=O)[O-])c1nc(C(=O)O)cs1. The zero-order chi connectivity index (χ0) is 15.6. The number of rotatable bonds is 5. The minimum atomic E-state index is -1.12. The van der Waals surface area contributed by atoms with E-state index in [-0.39, 0.29) is 22.2 Å². The van der Waals surface area contributed by atoms with Crippen molar-refractivity contribution in [3.63, 3.8) is 0 Å². The van der Waals surface area contributed by atoms with Crippen LogP contribution < -0.4 is 5.32 Å². The molecule has 0 aromatic carbocycles. The van der Waals surface area contributed by atoms with E-state index in [1.165, 1.54) is 17.6 Å². The first kappa shape index (κ1) is 15.1. The van der Waals surface area contributed by atoms with E-state index in [1.807, 2.05) is 0 Å². The standard InChI is InChI=1S/C11H9ClN4O4S/c1-5(10-15-7(4-21-10)11(17)18)14-9-8(16(19)20)2-6(12)3-13-9/h2-5H,1H3,(H,13,14)(H,17,18). The van der Waals surface area contributed by atoms with Gasteiger partial charge in [-0.05, 0) is 6.92 Å². The number of carboxylic acids is 1. The third-order valence-corrected chi connectivity index (χ3v) is 3.73. The van der Waals surface area contributed by atoms with Crippen LogP contribution in [0.2, 0.25) is 5.02 Å². The molecule has 21 heavy (non-hydrogen) atoms. The van der Waals surface area contributed by atoms with Gasteiger partial charge in [-0.15, -0.1) is 11.3 Å². The highest BCUT2D eigenvalue weighted by molar-refractivity contribution is 7.09. The average Bonchev–Trinajstić information content (AvgIpc) is 2.90. The van der Waals surface area contributed by atoms with Gasteiger partial charge < -0.3 is 10.4 Å². The first-order chi connectivity index (χ1) is 9.88. The molecular formula is C11H9ClN4O4S. The normalized spacial score (nSPS) is 11.9. The third kappa shape index (κ3) is 3.44. The van der Waals surface area contributed by atoms with Crippen molar-refractivity contribution in [3.8, 4) is 0 Å². The minimum absolute atomic E-state index is 0.0453. The van der Waals surface area contributed by atoms with Gasteiger partial charge in [-0.25, -0.2) is 14.8 Å². The van der Waals surface area contributed by atoms with Crippen molar-refractivity contribution in [1.29, 1.82) is 0 Å². The van der Waals surface area contributed by atoms with Crippen LogP contribution in [0.4, 0.5) is 11.5 Å². The van der Waals surface area contributed by atoms with E-state index in [9.17, 15) is 14.9 Å². The van der Waals surface area contributed by atoms with Crippen LogP contribution in [0, 0.1) is 10.1 Å². The summed E-state index contributed by atoms with van der Waals surface area (Å²) in [7, 11) is 0. The summed E-state index contributed by atoms with van der Waals surface area (Å²) in [5.41, 5.74) is -0.327. The number of hydrogen-bond acceptors (Lipinski definition) is 7. The third-order valence-electron chi connectivity index (χ3n) is 2.50. The van der Waals surface area contributed by atoms with Crippen LogP contribution in [0.3, 0.4) is 0 Å². The fourth-order valence-electron chi connectivity index (χ4n) is 1.53. The van der Waals surface area contributed by atoms with Gasteiger partial charge >= 0.3 is 11.7 Å². The van der Waals surface area contributed by atoms with Crippen LogP contribution in [-0.4, -0.2) is 26.0 Å². The number of hydrogen-bond donors (Lipinski definition) is 2. The lowest BCUT2D eigenvalue weighted by Gasteiger charge is -2.11. The summed E-state index contributed by atoms with van der Waals surface area (Å²) in [6.45, 7) is 1.70. The van der Waals surface area contributed by atoms with Crippen LogP contribution in [0.5, 0.6) is 0 Å². The van der Waals surface area contributed by atoms with Crippen LogP contribution >= 0.6 is 22.9 Å². The number of thiazole rings is 1. The molecule has 1 unspecified atom stereocenters. The van der Waals surface area contributed by atoms with Gasteiger partial charge in [-0.3, -0.25) is 10.1 Å². The predicted molar refractivity (Wildman–Crippen MR) is 77.0 cm³/mol. The first-order valence-corrected chi connectivity index (χ1v) is 6.89. The van der Waals surface area contributed by atoms with E-state index in [0.717, 1.165) is 11.3 Å². The van der Waals surface area contributed by atoms with Crippen molar-refractivity contribution in [2.75, 3.05) is 5.32 Å². The van der Waals surface area contributed by atoms with Crippen LogP contribution in [0.25, 0.3) is 0 Å². The number of anilines is 1. The van der Waals surface area contributed by atoms with Crippen molar-refractivity contribution in [3.05, 3.63) is 43.5 Å². The molecule has 1 atom stereocenters. The zero-order valence-electron chi connectivity index (χ0n) is 10.6. The van der Waals surface area contributed by atoms with Gasteiger partial charge in [0.2, 0.25) is 5.82 Å². The Morgan fingerprint density at radius 3 is 2.90 bits per heavy atom. The van der Waals surface area contributed by atoms with Gasteiger partial charge in [0.25, 0.3) is 0 Å². The molecule has 0 spiro atoms. The number of carbonyl (C=O) groups is 1. The molecule has 2 aromatic heterocycles. The van der Waals surface area contributed by atoms with Crippen LogP contribution in [0.1, 0.15) is 28.5 Å². The maximum absolute atomic E-state index is 11.0. The van der Waals surface area contributed by atoms with Gasteiger partial charge in [0, 0.05) is 17.6 Å². The molecule has 8 nitrogen and oxygen atoms in total. The highest BCUT2D eigenvalue weighted by Gasteiger charge is 2.20. The number of carboxylic acid groups (broad SMARTS) is 1. The highest BCUT2D eigenvalue weighted by atomic mass is 35.5. The second-order valence-corrected chi connectivity index (χ2v) is 5.35. The number of pyridine rings is 1. The number of nitrogens with zero attached hydrogens (tertiary/aromatic N) is 3. The van der Waals surface area contributed by atoms with Gasteiger partial charge in [0.15, 0.2) is 5.69 Å². The Balaban J connectivity index is 2.24. The minimum Gasteiger partial charge on any atom is -0.476 e. The number of nitro groups is 1. The summed E-state index contributed by atoms with van der Waals surface area (Å²) >= 11 is 6.83. The fourth-order valence-corrected chi connectivity index (χ4v) is 2.48. The molecule has 0 aliphatic heterocycles. The van der Waals surface area contributed by atoms with Gasteiger partial charge in [-0.1, -0.05) is 11.6 Å². The Morgan fingerprint density at radius 1 is 1.62 bits per heavy atom. The number of nitrogens with one attached hydrogen (secondary N) is 1. The van der Waals surface area contributed by atoms with Gasteiger partial charge in [0.05, 0.1) is 16.0 Å². The van der Waals surface area contributed by atoms with E-state index in [1.54, 1.807) is 6.92 Å². The summed E-state index contributed by atoms with van der Waals surface area (Å²) in [5.74, 6) is -1.08. The Hall–Kier alpha value is -2.26. The highest BCUT2D eigenvalue weighted by Crippen LogP contribution is 2.29. The summed E-state index contributed by atoms with van der Waals surface area (Å²) in [6.07, 6.45) is 1.29. The summed E-state index contributed by atoms with van der Waals surface area (Å²) < 4.78 is 0. The number of aromatic nitrogens is 2. The molecule has 0 fully saturated rings. The molecule has 0 saturated heterocycles. The van der Waals surface area contributed by atoms with Crippen molar-refractivity contribution in [2.45, 2.75) is 13.0 Å². The maximum atomic E-state index is 11.0. The first-order valence-electron chi connectivity index (χ1n) is 5.63. The van der Waals surface area contributed by atoms with Crippen LogP contribution in [0.15, 0.2) is 17.6 Å². The van der Waals surface area contributed by atoms with Gasteiger partial charge in [0.1, 0.15) is 5.01 Å². The molecule has 0 radical (unpaired) electrons. The molecule has 2 aromatic rings. The van der Waals surface area contributed by atoms with E-state index in [4.69, 9.17) is 16.7 Å². The molecule has 0 aliphatic rings. The summed E-state index contributed by atoms with van der Waals surface area (Å²) in [5, 5.41) is 24.7. The molecular weight excluding hydrogens is 320 g/mol. The van der Waals surface area contributed by atoms with Crippen LogP contribution in [-0.2, 0) is 0 Å². The lowest BCUT2D eigenvalue weighted by atomic mass is 10.3. The molecule has 10 heteroatoms. The molecule has 2 rings (SSSR count). The lowest BCUT2D eigenvalue weighted by molar-refractivity contribution is -0.384. The van der Waals surface area contributed by atoms with E-state index >= 15 is 0 Å². The summed E-state index contributed by atoms with van der Waals surface area (Å²) in [6, 6.07) is 0.754. The predicted octanol–water partition coefficient (Wildman–Crippen LogP) is 2.97. The Morgan fingerprint density at radius 2 is 2.33 bits per heavy atom. The second kappa shape index (κ2) is 6.02. The van der Waals surface area contributed by atoms with Crippen molar-refractivity contribution in [1.82, 2.24) is 9.97 Å². The summed E-state index contributed by atoms with van der Waals surface area (Å²) in [4.78, 5) is 29.0.